The Morgan fingerprint density at radius 3 is 2.54 bits per heavy atom. The zero-order valence-corrected chi connectivity index (χ0v) is 16.9. The van der Waals surface area contributed by atoms with E-state index in [0.717, 1.165) is 8.95 Å². The van der Waals surface area contributed by atoms with E-state index in [1.165, 1.54) is 0 Å². The highest BCUT2D eigenvalue weighted by Gasteiger charge is 2.30. The average molecular weight is 463 g/mol. The summed E-state index contributed by atoms with van der Waals surface area (Å²) in [5, 5.41) is 0. The number of piperidine rings is 1. The van der Waals surface area contributed by atoms with Crippen LogP contribution < -0.4 is 4.74 Å². The summed E-state index contributed by atoms with van der Waals surface area (Å²) < 4.78 is 12.5. The number of carbonyl (C=O) groups is 2. The molecule has 1 aliphatic rings. The molecule has 132 valence electrons. The van der Waals surface area contributed by atoms with Crippen molar-refractivity contribution in [3.05, 3.63) is 27.1 Å². The van der Waals surface area contributed by atoms with Crippen LogP contribution in [0.25, 0.3) is 0 Å². The number of esters is 1. The minimum Gasteiger partial charge on any atom is -0.480 e. The van der Waals surface area contributed by atoms with Crippen molar-refractivity contribution in [2.24, 2.45) is 5.92 Å². The minimum absolute atomic E-state index is 0.0628. The van der Waals surface area contributed by atoms with Crippen LogP contribution in [0.4, 0.5) is 0 Å². The Hall–Kier alpha value is -1.08. The lowest BCUT2D eigenvalue weighted by Crippen LogP contribution is -2.46. The van der Waals surface area contributed by atoms with Crippen LogP contribution in [0.3, 0.4) is 0 Å². The van der Waals surface area contributed by atoms with E-state index >= 15 is 0 Å². The Morgan fingerprint density at radius 1 is 1.29 bits per heavy atom. The molecule has 7 heteroatoms. The quantitative estimate of drug-likeness (QED) is 0.625. The van der Waals surface area contributed by atoms with Gasteiger partial charge in [-0.3, -0.25) is 9.59 Å². The molecule has 0 bridgehead atoms. The summed E-state index contributed by atoms with van der Waals surface area (Å²) >= 11 is 6.81. The molecule has 1 heterocycles. The van der Waals surface area contributed by atoms with Crippen molar-refractivity contribution in [1.82, 2.24) is 4.90 Å². The molecule has 0 aromatic heterocycles. The minimum atomic E-state index is -0.582. The summed E-state index contributed by atoms with van der Waals surface area (Å²) in [7, 11) is 0. The molecule has 0 unspecified atom stereocenters. The fourth-order valence-corrected chi connectivity index (χ4v) is 3.80. The van der Waals surface area contributed by atoms with E-state index in [2.05, 4.69) is 31.9 Å². The van der Waals surface area contributed by atoms with E-state index in [4.69, 9.17) is 9.47 Å². The maximum absolute atomic E-state index is 12.5. The number of halogens is 2. The van der Waals surface area contributed by atoms with Gasteiger partial charge in [-0.05, 0) is 60.8 Å². The number of carbonyl (C=O) groups excluding carboxylic acids is 2. The van der Waals surface area contributed by atoms with E-state index < -0.39 is 6.10 Å². The first-order chi connectivity index (χ1) is 11.4. The number of nitrogens with zero attached hydrogens (tertiary/aromatic N) is 1. The zero-order valence-electron chi connectivity index (χ0n) is 13.8. The monoisotopic (exact) mass is 461 g/mol. The van der Waals surface area contributed by atoms with Gasteiger partial charge in [0.15, 0.2) is 6.10 Å². The number of benzene rings is 1. The van der Waals surface area contributed by atoms with Crippen LogP contribution in [-0.2, 0) is 14.3 Å². The molecule has 0 spiro atoms. The second-order valence-corrected chi connectivity index (χ2v) is 7.46. The molecule has 1 saturated heterocycles. The van der Waals surface area contributed by atoms with Gasteiger partial charge in [0.05, 0.1) is 17.0 Å². The van der Waals surface area contributed by atoms with Gasteiger partial charge in [-0.2, -0.15) is 0 Å². The normalized spacial score (nSPS) is 16.6. The molecule has 0 N–H and O–H groups in total. The van der Waals surface area contributed by atoms with Gasteiger partial charge in [0.2, 0.25) is 0 Å². The largest absolute Gasteiger partial charge is 0.480 e. The number of hydrogen-bond acceptors (Lipinski definition) is 4. The number of ether oxygens (including phenoxy) is 2. The van der Waals surface area contributed by atoms with Gasteiger partial charge in [0.1, 0.15) is 5.75 Å². The van der Waals surface area contributed by atoms with E-state index in [-0.39, 0.29) is 17.8 Å². The standard InChI is InChI=1S/C17H21Br2NO4/c1-3-23-17(22)12-6-8-20(9-7-12)16(21)11(2)24-15-5-4-13(18)10-14(15)19/h4-5,10-12H,3,6-9H2,1-2H3/t11-/m0/s1. The SMILES string of the molecule is CCOC(=O)C1CCN(C(=O)[C@H](C)Oc2ccc(Br)cc2Br)CC1. The molecule has 1 amide bonds. The lowest BCUT2D eigenvalue weighted by Gasteiger charge is -2.32. The number of likely N-dealkylation sites (tertiary alicyclic amines) is 1. The van der Waals surface area contributed by atoms with Crippen LogP contribution in [0.15, 0.2) is 27.1 Å². The molecule has 1 fully saturated rings. The predicted molar refractivity (Wildman–Crippen MR) is 97.9 cm³/mol. The maximum atomic E-state index is 12.5. The molecule has 24 heavy (non-hydrogen) atoms. The van der Waals surface area contributed by atoms with Crippen LogP contribution in [0.1, 0.15) is 26.7 Å². The molecule has 1 aromatic rings. The Bertz CT molecular complexity index is 600. The summed E-state index contributed by atoms with van der Waals surface area (Å²) in [4.78, 5) is 26.1. The van der Waals surface area contributed by atoms with Crippen LogP contribution in [0.2, 0.25) is 0 Å². The Kier molecular flexibility index (Phi) is 7.10. The maximum Gasteiger partial charge on any atom is 0.309 e. The van der Waals surface area contributed by atoms with E-state index in [9.17, 15) is 9.59 Å². The molecule has 0 saturated carbocycles. The zero-order chi connectivity index (χ0) is 17.7. The topological polar surface area (TPSA) is 55.8 Å². The van der Waals surface area contributed by atoms with Gasteiger partial charge in [0, 0.05) is 17.6 Å². The number of rotatable bonds is 5. The van der Waals surface area contributed by atoms with Crippen molar-refractivity contribution < 1.29 is 19.1 Å². The molecule has 1 atom stereocenters. The Labute approximate surface area is 158 Å². The second kappa shape index (κ2) is 8.85. The molecule has 0 radical (unpaired) electrons. The van der Waals surface area contributed by atoms with Crippen LogP contribution >= 0.6 is 31.9 Å². The summed E-state index contributed by atoms with van der Waals surface area (Å²) in [5.74, 6) is 0.297. The lowest BCUT2D eigenvalue weighted by molar-refractivity contribution is -0.152. The summed E-state index contributed by atoms with van der Waals surface area (Å²) in [6.45, 7) is 5.05. The van der Waals surface area contributed by atoms with E-state index in [0.29, 0.717) is 38.3 Å². The van der Waals surface area contributed by atoms with E-state index in [1.54, 1.807) is 18.7 Å². The fraction of sp³-hybridized carbons (Fsp3) is 0.529. The first-order valence-electron chi connectivity index (χ1n) is 7.99. The molecule has 0 aliphatic carbocycles. The highest BCUT2D eigenvalue weighted by molar-refractivity contribution is 9.11. The first kappa shape index (κ1) is 19.2. The molecular formula is C17H21Br2NO4. The van der Waals surface area contributed by atoms with Gasteiger partial charge in [-0.25, -0.2) is 0 Å². The number of amides is 1. The third-order valence-corrected chi connectivity index (χ3v) is 5.08. The molecule has 1 aromatic carbocycles. The summed E-state index contributed by atoms with van der Waals surface area (Å²) in [6.07, 6.45) is 0.694. The predicted octanol–water partition coefficient (Wildman–Crippen LogP) is 3.78. The smallest absolute Gasteiger partial charge is 0.309 e. The van der Waals surface area contributed by atoms with Crippen molar-refractivity contribution in [3.63, 3.8) is 0 Å². The fourth-order valence-electron chi connectivity index (χ4n) is 2.66. The Morgan fingerprint density at radius 2 is 1.96 bits per heavy atom. The molecular weight excluding hydrogens is 442 g/mol. The molecule has 5 nitrogen and oxygen atoms in total. The van der Waals surface area contributed by atoms with Crippen molar-refractivity contribution in [2.75, 3.05) is 19.7 Å². The molecule has 1 aliphatic heterocycles. The third kappa shape index (κ3) is 4.96. The van der Waals surface area contributed by atoms with Crippen LogP contribution in [0, 0.1) is 5.92 Å². The highest BCUT2D eigenvalue weighted by atomic mass is 79.9. The summed E-state index contributed by atoms with van der Waals surface area (Å²) in [5.41, 5.74) is 0. The van der Waals surface area contributed by atoms with Gasteiger partial charge < -0.3 is 14.4 Å². The second-order valence-electron chi connectivity index (χ2n) is 5.69. The van der Waals surface area contributed by atoms with E-state index in [1.807, 2.05) is 18.2 Å². The van der Waals surface area contributed by atoms with Gasteiger partial charge >= 0.3 is 5.97 Å². The van der Waals surface area contributed by atoms with Crippen LogP contribution in [-0.4, -0.2) is 42.6 Å². The highest BCUT2D eigenvalue weighted by Crippen LogP contribution is 2.29. The number of hydrogen-bond donors (Lipinski definition) is 0. The third-order valence-electron chi connectivity index (χ3n) is 3.97. The average Bonchev–Trinajstić information content (AvgIpc) is 2.57. The van der Waals surface area contributed by atoms with Gasteiger partial charge in [0.25, 0.3) is 5.91 Å². The van der Waals surface area contributed by atoms with Crippen LogP contribution in [0.5, 0.6) is 5.75 Å². The van der Waals surface area contributed by atoms with Crippen molar-refractivity contribution in [2.45, 2.75) is 32.8 Å². The first-order valence-corrected chi connectivity index (χ1v) is 9.58. The van der Waals surface area contributed by atoms with Gasteiger partial charge in [-0.15, -0.1) is 0 Å². The van der Waals surface area contributed by atoms with Crippen molar-refractivity contribution in [3.8, 4) is 5.75 Å². The molecule has 2 rings (SSSR count). The Balaban J connectivity index is 1.89. The summed E-state index contributed by atoms with van der Waals surface area (Å²) in [6, 6.07) is 5.55. The van der Waals surface area contributed by atoms with Crippen molar-refractivity contribution in [1.29, 1.82) is 0 Å². The lowest BCUT2D eigenvalue weighted by atomic mass is 9.97. The van der Waals surface area contributed by atoms with Crippen molar-refractivity contribution >= 4 is 43.7 Å². The van der Waals surface area contributed by atoms with Gasteiger partial charge in [-0.1, -0.05) is 15.9 Å².